The second-order valence-electron chi connectivity index (χ2n) is 8.48. The lowest BCUT2D eigenvalue weighted by atomic mass is 9.57. The van der Waals surface area contributed by atoms with Gasteiger partial charge in [-0.25, -0.2) is 0 Å². The van der Waals surface area contributed by atoms with E-state index in [-0.39, 0.29) is 24.0 Å². The van der Waals surface area contributed by atoms with Gasteiger partial charge in [0.2, 0.25) is 0 Å². The largest absolute Gasteiger partial charge is 0.371 e. The molecular formula is C22H18N4O6. The Balaban J connectivity index is 2.19. The molecule has 162 valence electrons. The molecule has 2 aliphatic carbocycles. The highest BCUT2D eigenvalue weighted by atomic mass is 16.6. The van der Waals surface area contributed by atoms with Crippen molar-refractivity contribution >= 4 is 11.4 Å². The maximum absolute atomic E-state index is 11.8. The van der Waals surface area contributed by atoms with Gasteiger partial charge in [0.25, 0.3) is 11.4 Å². The van der Waals surface area contributed by atoms with Gasteiger partial charge in [-0.2, -0.15) is 10.5 Å². The van der Waals surface area contributed by atoms with Crippen LogP contribution in [-0.4, -0.2) is 20.1 Å². The summed E-state index contributed by atoms with van der Waals surface area (Å²) in [5.74, 6) is -1.34. The second-order valence-corrected chi connectivity index (χ2v) is 8.48. The lowest BCUT2D eigenvalue weighted by Crippen LogP contribution is -2.45. The zero-order valence-electron chi connectivity index (χ0n) is 17.2. The van der Waals surface area contributed by atoms with E-state index in [0.717, 1.165) is 0 Å². The van der Waals surface area contributed by atoms with Crippen molar-refractivity contribution < 1.29 is 20.1 Å². The number of nitrogens with zero attached hydrogens (tertiary/aromatic N) is 4. The Morgan fingerprint density at radius 1 is 0.875 bits per heavy atom. The fourth-order valence-corrected chi connectivity index (χ4v) is 5.49. The van der Waals surface area contributed by atoms with Crippen molar-refractivity contribution in [1.29, 1.82) is 10.5 Å². The molecule has 2 N–H and O–H groups in total. The van der Waals surface area contributed by atoms with Crippen LogP contribution in [0.25, 0.3) is 0 Å². The lowest BCUT2D eigenvalue weighted by molar-refractivity contribution is -0.386. The van der Waals surface area contributed by atoms with Crippen LogP contribution in [0.4, 0.5) is 11.4 Å². The number of aryl methyl sites for hydroxylation is 2. The minimum atomic E-state index is -2.21. The Hall–Kier alpha value is -3.86. The Labute approximate surface area is 182 Å². The molecule has 0 aliphatic heterocycles. The van der Waals surface area contributed by atoms with Gasteiger partial charge in [-0.3, -0.25) is 20.2 Å². The minimum Gasteiger partial charge on any atom is -0.371 e. The van der Waals surface area contributed by atoms with Crippen LogP contribution < -0.4 is 0 Å². The molecule has 0 amide bonds. The van der Waals surface area contributed by atoms with Crippen LogP contribution in [0.1, 0.15) is 52.1 Å². The second kappa shape index (κ2) is 6.82. The molecule has 2 aliphatic rings. The smallest absolute Gasteiger partial charge is 0.276 e. The van der Waals surface area contributed by atoms with Crippen LogP contribution in [0.15, 0.2) is 24.3 Å². The van der Waals surface area contributed by atoms with Crippen molar-refractivity contribution in [3.8, 4) is 12.1 Å². The van der Waals surface area contributed by atoms with Crippen LogP contribution in [0, 0.1) is 62.7 Å². The summed E-state index contributed by atoms with van der Waals surface area (Å²) < 4.78 is 0. The molecule has 0 spiro atoms. The highest BCUT2D eigenvalue weighted by Gasteiger charge is 2.56. The summed E-state index contributed by atoms with van der Waals surface area (Å²) in [6.45, 7) is 3.36. The number of hydrogen-bond donors (Lipinski definition) is 2. The van der Waals surface area contributed by atoms with Crippen molar-refractivity contribution in [2.75, 3.05) is 0 Å². The SMILES string of the molecule is Cc1ccc([N+](=O)[O-])c2c1C1c3c(C)ccc([N+](=O)[O-])c3C(O)(C#N)CC1CC2(O)C#N. The van der Waals surface area contributed by atoms with Gasteiger partial charge in [0.1, 0.15) is 12.1 Å². The third-order valence-electron chi connectivity index (χ3n) is 6.68. The van der Waals surface area contributed by atoms with E-state index in [1.807, 2.05) is 0 Å². The van der Waals surface area contributed by atoms with Gasteiger partial charge in [-0.1, -0.05) is 12.1 Å². The predicted octanol–water partition coefficient (Wildman–Crippen LogP) is 3.10. The van der Waals surface area contributed by atoms with Gasteiger partial charge in [-0.15, -0.1) is 0 Å². The number of benzene rings is 2. The number of nitriles is 2. The molecule has 0 aromatic heterocycles. The average Bonchev–Trinajstić information content (AvgIpc) is 2.74. The maximum atomic E-state index is 11.8. The summed E-state index contributed by atoms with van der Waals surface area (Å²) in [7, 11) is 0. The molecule has 0 bridgehead atoms. The number of nitro benzene ring substituents is 2. The molecule has 0 saturated carbocycles. The van der Waals surface area contributed by atoms with Crippen LogP contribution in [-0.2, 0) is 11.2 Å². The number of hydrogen-bond acceptors (Lipinski definition) is 8. The summed E-state index contributed by atoms with van der Waals surface area (Å²) in [5, 5.41) is 65.5. The van der Waals surface area contributed by atoms with E-state index in [1.165, 1.54) is 24.3 Å². The van der Waals surface area contributed by atoms with Crippen LogP contribution >= 0.6 is 0 Å². The maximum Gasteiger partial charge on any atom is 0.276 e. The number of rotatable bonds is 2. The van der Waals surface area contributed by atoms with Crippen molar-refractivity contribution in [2.45, 2.75) is 43.8 Å². The molecule has 4 rings (SSSR count). The molecule has 2 aromatic rings. The van der Waals surface area contributed by atoms with E-state index in [9.17, 15) is 41.0 Å². The Morgan fingerprint density at radius 3 is 1.56 bits per heavy atom. The Kier molecular flexibility index (Phi) is 4.56. The molecule has 2 atom stereocenters. The first-order valence-electron chi connectivity index (χ1n) is 9.83. The fourth-order valence-electron chi connectivity index (χ4n) is 5.49. The molecule has 0 heterocycles. The number of nitro groups is 2. The van der Waals surface area contributed by atoms with Gasteiger partial charge in [0.15, 0.2) is 11.2 Å². The van der Waals surface area contributed by atoms with Gasteiger partial charge < -0.3 is 10.2 Å². The standard InChI is InChI=1S/C22H18N4O6/c1-11-3-5-14(25(29)30)19-16(11)18-13(7-21(19,27)9-23)8-22(28,10-24)20-15(26(31)32)6-4-12(2)17(18)20/h3-6,13,18,27-28H,7-8H2,1-2H3. The first-order valence-corrected chi connectivity index (χ1v) is 9.83. The van der Waals surface area contributed by atoms with Gasteiger partial charge in [0, 0.05) is 18.1 Å². The summed E-state index contributed by atoms with van der Waals surface area (Å²) in [5.41, 5.74) is -3.73. The third-order valence-corrected chi connectivity index (χ3v) is 6.68. The fraction of sp³-hybridized carbons (Fsp3) is 0.364. The molecule has 2 unspecified atom stereocenters. The van der Waals surface area contributed by atoms with Crippen LogP contribution in [0.5, 0.6) is 0 Å². The van der Waals surface area contributed by atoms with Crippen molar-refractivity contribution in [1.82, 2.24) is 0 Å². The van der Waals surface area contributed by atoms with Gasteiger partial charge in [0.05, 0.1) is 21.0 Å². The zero-order valence-corrected chi connectivity index (χ0v) is 17.2. The first-order chi connectivity index (χ1) is 15.0. The Bertz CT molecular complexity index is 1200. The highest BCUT2D eigenvalue weighted by molar-refractivity contribution is 5.65. The molecule has 0 fully saturated rings. The summed E-state index contributed by atoms with van der Waals surface area (Å²) in [4.78, 5) is 22.2. The van der Waals surface area contributed by atoms with E-state index in [2.05, 4.69) is 0 Å². The topological polar surface area (TPSA) is 174 Å². The number of aliphatic hydroxyl groups is 2. The van der Waals surface area contributed by atoms with E-state index < -0.39 is 44.3 Å². The van der Waals surface area contributed by atoms with E-state index >= 15 is 0 Å². The predicted molar refractivity (Wildman–Crippen MR) is 109 cm³/mol. The average molecular weight is 434 g/mol. The number of fused-ring (bicyclic) bond motifs is 5. The quantitative estimate of drug-likeness (QED) is 0.412. The molecule has 0 saturated heterocycles. The summed E-state index contributed by atoms with van der Waals surface area (Å²) in [6, 6.07) is 9.04. The van der Waals surface area contributed by atoms with Gasteiger partial charge >= 0.3 is 0 Å². The molecule has 32 heavy (non-hydrogen) atoms. The van der Waals surface area contributed by atoms with Crippen molar-refractivity contribution in [3.05, 3.63) is 77.9 Å². The monoisotopic (exact) mass is 434 g/mol. The van der Waals surface area contributed by atoms with Crippen LogP contribution in [0.3, 0.4) is 0 Å². The van der Waals surface area contributed by atoms with E-state index in [1.54, 1.807) is 26.0 Å². The summed E-state index contributed by atoms with van der Waals surface area (Å²) in [6.07, 6.45) is -0.534. The normalized spacial score (nSPS) is 27.8. The minimum absolute atomic E-state index is 0.134. The highest BCUT2D eigenvalue weighted by Crippen LogP contribution is 2.59. The van der Waals surface area contributed by atoms with Gasteiger partial charge in [-0.05, 0) is 54.9 Å². The van der Waals surface area contributed by atoms with Crippen molar-refractivity contribution in [2.24, 2.45) is 5.92 Å². The van der Waals surface area contributed by atoms with Crippen LogP contribution in [0.2, 0.25) is 0 Å². The summed E-state index contributed by atoms with van der Waals surface area (Å²) >= 11 is 0. The molecular weight excluding hydrogens is 416 g/mol. The van der Waals surface area contributed by atoms with Crippen molar-refractivity contribution in [3.63, 3.8) is 0 Å². The molecule has 2 aromatic carbocycles. The molecule has 10 heteroatoms. The lowest BCUT2D eigenvalue weighted by Gasteiger charge is -2.47. The van der Waals surface area contributed by atoms with E-state index in [0.29, 0.717) is 22.3 Å². The first kappa shape index (κ1) is 21.4. The Morgan fingerprint density at radius 2 is 1.25 bits per heavy atom. The zero-order chi connectivity index (χ0) is 23.6. The van der Waals surface area contributed by atoms with E-state index in [4.69, 9.17) is 0 Å². The molecule has 0 radical (unpaired) electrons. The molecule has 10 nitrogen and oxygen atoms in total. The third kappa shape index (κ3) is 2.71.